The van der Waals surface area contributed by atoms with Crippen LogP contribution in [0.25, 0.3) is 0 Å². The van der Waals surface area contributed by atoms with Gasteiger partial charge in [-0.2, -0.15) is 11.8 Å². The van der Waals surface area contributed by atoms with Crippen molar-refractivity contribution in [1.29, 1.82) is 0 Å². The molecule has 0 saturated carbocycles. The Hall–Kier alpha value is -2.35. The van der Waals surface area contributed by atoms with E-state index >= 15 is 0 Å². The molecule has 32 heavy (non-hydrogen) atoms. The Morgan fingerprint density at radius 1 is 1.06 bits per heavy atom. The Morgan fingerprint density at radius 3 is 2.59 bits per heavy atom. The predicted octanol–water partition coefficient (Wildman–Crippen LogP) is 3.06. The average Bonchev–Trinajstić information content (AvgIpc) is 3.38. The second-order valence-electron chi connectivity index (χ2n) is 8.52. The van der Waals surface area contributed by atoms with Crippen LogP contribution in [0.1, 0.15) is 17.5 Å². The molecule has 2 saturated heterocycles. The van der Waals surface area contributed by atoms with Gasteiger partial charge in [-0.1, -0.05) is 54.1 Å². The number of carbonyl (C=O) groups excluding carboxylic acids is 3. The molecule has 0 aliphatic carbocycles. The summed E-state index contributed by atoms with van der Waals surface area (Å²) < 4.78 is 0. The molecule has 3 heterocycles. The first-order valence-electron chi connectivity index (χ1n) is 10.7. The van der Waals surface area contributed by atoms with Gasteiger partial charge in [0.25, 0.3) is 0 Å². The van der Waals surface area contributed by atoms with Crippen LogP contribution in [0.4, 0.5) is 5.69 Å². The summed E-state index contributed by atoms with van der Waals surface area (Å²) in [5.74, 6) is -1.30. The highest BCUT2D eigenvalue weighted by Crippen LogP contribution is 2.54. The van der Waals surface area contributed by atoms with Crippen molar-refractivity contribution in [2.24, 2.45) is 11.8 Å². The average molecular weight is 470 g/mol. The van der Waals surface area contributed by atoms with E-state index in [1.54, 1.807) is 23.9 Å². The number of nitrogens with zero attached hydrogens (tertiary/aromatic N) is 1. The first-order valence-corrected chi connectivity index (χ1v) is 12.5. The van der Waals surface area contributed by atoms with Gasteiger partial charge in [0.2, 0.25) is 17.7 Å². The van der Waals surface area contributed by atoms with Gasteiger partial charge in [-0.3, -0.25) is 24.6 Å². The highest BCUT2D eigenvalue weighted by atomic mass is 35.5. The number of hydrogen-bond donors (Lipinski definition) is 2. The number of para-hydroxylation sites is 1. The van der Waals surface area contributed by atoms with E-state index in [4.69, 9.17) is 11.6 Å². The molecular formula is C24H24ClN3O3S. The number of halogens is 1. The predicted molar refractivity (Wildman–Crippen MR) is 126 cm³/mol. The zero-order valence-electron chi connectivity index (χ0n) is 17.6. The highest BCUT2D eigenvalue weighted by Gasteiger charge is 2.70. The van der Waals surface area contributed by atoms with Crippen LogP contribution in [0.15, 0.2) is 48.5 Å². The Balaban J connectivity index is 1.53. The van der Waals surface area contributed by atoms with E-state index in [1.807, 2.05) is 42.7 Å². The summed E-state index contributed by atoms with van der Waals surface area (Å²) in [6, 6.07) is 14.8. The third kappa shape index (κ3) is 3.10. The van der Waals surface area contributed by atoms with Crippen molar-refractivity contribution >= 4 is 46.8 Å². The van der Waals surface area contributed by atoms with Crippen LogP contribution in [-0.4, -0.2) is 47.2 Å². The number of nitrogens with one attached hydrogen (secondary N) is 2. The van der Waals surface area contributed by atoms with Crippen LogP contribution < -0.4 is 10.6 Å². The number of rotatable bonds is 6. The van der Waals surface area contributed by atoms with Gasteiger partial charge in [0.1, 0.15) is 5.54 Å². The molecule has 3 aliphatic heterocycles. The van der Waals surface area contributed by atoms with E-state index in [1.165, 1.54) is 4.90 Å². The largest absolute Gasteiger partial charge is 0.323 e. The lowest BCUT2D eigenvalue weighted by Crippen LogP contribution is -2.53. The lowest BCUT2D eigenvalue weighted by Gasteiger charge is -2.29. The number of fused-ring (bicyclic) bond motifs is 4. The topological polar surface area (TPSA) is 78.5 Å². The van der Waals surface area contributed by atoms with Gasteiger partial charge in [-0.25, -0.2) is 0 Å². The number of hydrogen-bond acceptors (Lipinski definition) is 5. The molecule has 166 valence electrons. The minimum atomic E-state index is -1.28. The van der Waals surface area contributed by atoms with Gasteiger partial charge in [-0.15, -0.1) is 0 Å². The standard InChI is InChI=1S/C24H24ClN3O3S/c1-32-13-11-17-18-19(22(30)28(21(18)29)12-10-14-6-3-2-4-7-14)24(27-17)15-8-5-9-16(25)20(15)26-23(24)31/h2-9,17-19,27H,10-13H2,1H3,(H,26,31)/t17-,18-,19-,24+/m0/s1. The number of benzene rings is 2. The summed E-state index contributed by atoms with van der Waals surface area (Å²) in [6.07, 6.45) is 3.29. The molecule has 8 heteroatoms. The summed E-state index contributed by atoms with van der Waals surface area (Å²) in [5, 5.41) is 6.74. The number of likely N-dealkylation sites (tertiary alicyclic amines) is 1. The molecule has 2 fully saturated rings. The van der Waals surface area contributed by atoms with Crippen LogP contribution in [-0.2, 0) is 26.3 Å². The van der Waals surface area contributed by atoms with E-state index in [0.29, 0.717) is 35.7 Å². The molecule has 3 amide bonds. The van der Waals surface area contributed by atoms with Gasteiger partial charge >= 0.3 is 0 Å². The molecule has 2 aromatic rings. The number of imide groups is 1. The summed E-state index contributed by atoms with van der Waals surface area (Å²) in [4.78, 5) is 42.0. The molecular weight excluding hydrogens is 446 g/mol. The van der Waals surface area contributed by atoms with Gasteiger partial charge in [0.15, 0.2) is 0 Å². The number of amides is 3. The molecule has 0 radical (unpaired) electrons. The first kappa shape index (κ1) is 21.5. The van der Waals surface area contributed by atoms with Gasteiger partial charge in [0.05, 0.1) is 22.5 Å². The van der Waals surface area contributed by atoms with E-state index in [9.17, 15) is 14.4 Å². The SMILES string of the molecule is CSCC[C@@H]1N[C@@]2(C(=O)Nc3c(Cl)cccc32)[C@@H]2C(=O)N(CCc3ccccc3)C(=O)[C@@H]12. The first-order chi connectivity index (χ1) is 15.5. The molecule has 5 rings (SSSR count). The third-order valence-electron chi connectivity index (χ3n) is 6.89. The number of thioether (sulfide) groups is 1. The summed E-state index contributed by atoms with van der Waals surface area (Å²) >= 11 is 8.04. The van der Waals surface area contributed by atoms with Crippen LogP contribution in [0.2, 0.25) is 5.02 Å². The fourth-order valence-electron chi connectivity index (χ4n) is 5.45. The smallest absolute Gasteiger partial charge is 0.250 e. The zero-order chi connectivity index (χ0) is 22.5. The van der Waals surface area contributed by atoms with Crippen molar-refractivity contribution in [3.63, 3.8) is 0 Å². The maximum absolute atomic E-state index is 13.7. The maximum Gasteiger partial charge on any atom is 0.250 e. The minimum absolute atomic E-state index is 0.185. The highest BCUT2D eigenvalue weighted by molar-refractivity contribution is 7.98. The minimum Gasteiger partial charge on any atom is -0.323 e. The molecule has 1 spiro atoms. The lowest BCUT2D eigenvalue weighted by molar-refractivity contribution is -0.142. The third-order valence-corrected chi connectivity index (χ3v) is 7.85. The maximum atomic E-state index is 13.7. The lowest BCUT2D eigenvalue weighted by atomic mass is 9.76. The van der Waals surface area contributed by atoms with Gasteiger partial charge in [0, 0.05) is 18.2 Å². The molecule has 6 nitrogen and oxygen atoms in total. The second-order valence-corrected chi connectivity index (χ2v) is 9.92. The normalized spacial score (nSPS) is 28.4. The van der Waals surface area contributed by atoms with Crippen LogP contribution >= 0.6 is 23.4 Å². The van der Waals surface area contributed by atoms with Crippen molar-refractivity contribution in [3.8, 4) is 0 Å². The number of carbonyl (C=O) groups is 3. The van der Waals surface area contributed by atoms with E-state index < -0.39 is 17.4 Å². The van der Waals surface area contributed by atoms with Crippen molar-refractivity contribution < 1.29 is 14.4 Å². The summed E-state index contributed by atoms with van der Waals surface area (Å²) in [6.45, 7) is 0.310. The quantitative estimate of drug-likeness (QED) is 0.636. The molecule has 2 aromatic carbocycles. The Morgan fingerprint density at radius 2 is 1.84 bits per heavy atom. The van der Waals surface area contributed by atoms with E-state index in [-0.39, 0.29) is 23.8 Å². The molecule has 2 N–H and O–H groups in total. The van der Waals surface area contributed by atoms with Crippen LogP contribution in [0.5, 0.6) is 0 Å². The van der Waals surface area contributed by atoms with Crippen molar-refractivity contribution in [3.05, 3.63) is 64.7 Å². The van der Waals surface area contributed by atoms with Gasteiger partial charge in [-0.05, 0) is 36.5 Å². The zero-order valence-corrected chi connectivity index (χ0v) is 19.2. The summed E-state index contributed by atoms with van der Waals surface area (Å²) in [7, 11) is 0. The van der Waals surface area contributed by atoms with Crippen LogP contribution in [0.3, 0.4) is 0 Å². The van der Waals surface area contributed by atoms with Crippen molar-refractivity contribution in [2.75, 3.05) is 23.9 Å². The monoisotopic (exact) mass is 469 g/mol. The molecule has 4 atom stereocenters. The molecule has 0 unspecified atom stereocenters. The van der Waals surface area contributed by atoms with Crippen molar-refractivity contribution in [2.45, 2.75) is 24.4 Å². The fraction of sp³-hybridized carbons (Fsp3) is 0.375. The summed E-state index contributed by atoms with van der Waals surface area (Å²) in [5.41, 5.74) is 0.969. The Labute approximate surface area is 196 Å². The van der Waals surface area contributed by atoms with E-state index in [2.05, 4.69) is 10.6 Å². The Kier molecular flexibility index (Phi) is 5.51. The molecule has 3 aliphatic rings. The van der Waals surface area contributed by atoms with Gasteiger partial charge < -0.3 is 5.32 Å². The fourth-order valence-corrected chi connectivity index (χ4v) is 6.16. The number of anilines is 1. The van der Waals surface area contributed by atoms with Crippen molar-refractivity contribution in [1.82, 2.24) is 10.2 Å². The molecule has 0 bridgehead atoms. The van der Waals surface area contributed by atoms with E-state index in [0.717, 1.165) is 11.3 Å². The Bertz CT molecular complexity index is 1100. The second kappa shape index (κ2) is 8.21. The van der Waals surface area contributed by atoms with Crippen LogP contribution in [0, 0.1) is 11.8 Å². The molecule has 0 aromatic heterocycles.